The highest BCUT2D eigenvalue weighted by Crippen LogP contribution is 2.23. The Morgan fingerprint density at radius 2 is 2.06 bits per heavy atom. The fourth-order valence-corrected chi connectivity index (χ4v) is 2.27. The van der Waals surface area contributed by atoms with Crippen molar-refractivity contribution in [2.75, 3.05) is 13.6 Å². The van der Waals surface area contributed by atoms with Crippen LogP contribution in [-0.2, 0) is 12.8 Å². The Morgan fingerprint density at radius 3 is 2.72 bits per heavy atom. The zero-order chi connectivity index (χ0) is 12.4. The summed E-state index contributed by atoms with van der Waals surface area (Å²) in [5.41, 5.74) is 9.11. The number of hydrogen-bond donors (Lipinski definition) is 1. The van der Waals surface area contributed by atoms with Crippen LogP contribution in [0.2, 0.25) is 0 Å². The molecule has 1 unspecified atom stereocenters. The number of carbonyl (C=O) groups excluding carboxylic acids is 1. The van der Waals surface area contributed by atoms with Gasteiger partial charge in [0.15, 0.2) is 0 Å². The van der Waals surface area contributed by atoms with E-state index in [-0.39, 0.29) is 24.4 Å². The molecule has 0 saturated heterocycles. The fourth-order valence-electron chi connectivity index (χ4n) is 2.27. The molecule has 0 aromatic heterocycles. The third-order valence-corrected chi connectivity index (χ3v) is 3.67. The summed E-state index contributed by atoms with van der Waals surface area (Å²) in [6.45, 7) is 2.46. The van der Waals surface area contributed by atoms with Gasteiger partial charge in [0, 0.05) is 25.2 Å². The first-order valence-electron chi connectivity index (χ1n) is 6.22. The molecule has 0 saturated carbocycles. The first-order chi connectivity index (χ1) is 8.13. The van der Waals surface area contributed by atoms with Crippen molar-refractivity contribution in [3.63, 3.8) is 0 Å². The number of likely N-dealkylation sites (N-methyl/N-ethyl adjacent to an activating group) is 1. The minimum atomic E-state index is 0. The molecule has 1 amide bonds. The molecular weight excluding hydrogens is 248 g/mol. The number of nitrogens with zero attached hydrogens (tertiary/aromatic N) is 1. The molecule has 18 heavy (non-hydrogen) atoms. The molecule has 2 N–H and O–H groups in total. The Kier molecular flexibility index (Phi) is 5.17. The van der Waals surface area contributed by atoms with Gasteiger partial charge in [-0.3, -0.25) is 4.79 Å². The van der Waals surface area contributed by atoms with E-state index >= 15 is 0 Å². The van der Waals surface area contributed by atoms with Gasteiger partial charge in [-0.15, -0.1) is 12.4 Å². The molecule has 1 atom stereocenters. The number of rotatable bonds is 3. The van der Waals surface area contributed by atoms with Crippen molar-refractivity contribution in [3.05, 3.63) is 34.9 Å². The summed E-state index contributed by atoms with van der Waals surface area (Å²) in [4.78, 5) is 13.9. The topological polar surface area (TPSA) is 46.3 Å². The van der Waals surface area contributed by atoms with Crippen molar-refractivity contribution in [2.45, 2.75) is 32.2 Å². The number of aryl methyl sites for hydroxylation is 2. The van der Waals surface area contributed by atoms with Gasteiger partial charge < -0.3 is 10.6 Å². The molecule has 4 heteroatoms. The van der Waals surface area contributed by atoms with Crippen molar-refractivity contribution in [2.24, 2.45) is 5.73 Å². The van der Waals surface area contributed by atoms with Gasteiger partial charge in [-0.05, 0) is 49.4 Å². The van der Waals surface area contributed by atoms with Crippen molar-refractivity contribution < 1.29 is 4.79 Å². The van der Waals surface area contributed by atoms with Crippen molar-refractivity contribution in [1.82, 2.24) is 4.90 Å². The third kappa shape index (κ3) is 2.85. The molecule has 100 valence electrons. The van der Waals surface area contributed by atoms with E-state index in [0.717, 1.165) is 18.4 Å². The van der Waals surface area contributed by atoms with E-state index in [1.165, 1.54) is 17.5 Å². The Labute approximate surface area is 115 Å². The second-order valence-corrected chi connectivity index (χ2v) is 4.84. The first-order valence-corrected chi connectivity index (χ1v) is 6.22. The van der Waals surface area contributed by atoms with Crippen molar-refractivity contribution in [3.8, 4) is 0 Å². The summed E-state index contributed by atoms with van der Waals surface area (Å²) >= 11 is 0. The maximum atomic E-state index is 12.2. The van der Waals surface area contributed by atoms with E-state index in [1.807, 2.05) is 26.1 Å². The lowest BCUT2D eigenvalue weighted by atomic mass is 10.1. The third-order valence-electron chi connectivity index (χ3n) is 3.67. The quantitative estimate of drug-likeness (QED) is 0.912. The molecule has 0 aliphatic heterocycles. The Morgan fingerprint density at radius 1 is 1.39 bits per heavy atom. The van der Waals surface area contributed by atoms with E-state index in [2.05, 4.69) is 6.07 Å². The van der Waals surface area contributed by atoms with Crippen LogP contribution in [0.1, 0.15) is 34.8 Å². The lowest BCUT2D eigenvalue weighted by Gasteiger charge is -2.23. The fraction of sp³-hybridized carbons (Fsp3) is 0.500. The van der Waals surface area contributed by atoms with E-state index in [4.69, 9.17) is 5.73 Å². The minimum absolute atomic E-state index is 0. The van der Waals surface area contributed by atoms with E-state index in [9.17, 15) is 4.79 Å². The molecule has 0 spiro atoms. The molecular formula is C14H21ClN2O. The van der Waals surface area contributed by atoms with Gasteiger partial charge in [0.05, 0.1) is 0 Å². The second kappa shape index (κ2) is 6.21. The molecule has 0 heterocycles. The summed E-state index contributed by atoms with van der Waals surface area (Å²) in [6, 6.07) is 6.16. The Hall–Kier alpha value is -1.06. The molecule has 2 rings (SSSR count). The van der Waals surface area contributed by atoms with Crippen molar-refractivity contribution in [1.29, 1.82) is 0 Å². The smallest absolute Gasteiger partial charge is 0.253 e. The summed E-state index contributed by atoms with van der Waals surface area (Å²) in [5, 5.41) is 0. The van der Waals surface area contributed by atoms with Crippen LogP contribution in [0, 0.1) is 0 Å². The number of hydrogen-bond acceptors (Lipinski definition) is 2. The van der Waals surface area contributed by atoms with Crippen LogP contribution < -0.4 is 5.73 Å². The van der Waals surface area contributed by atoms with Gasteiger partial charge >= 0.3 is 0 Å². The van der Waals surface area contributed by atoms with E-state index < -0.39 is 0 Å². The molecule has 0 bridgehead atoms. The lowest BCUT2D eigenvalue weighted by Crippen LogP contribution is -2.39. The van der Waals surface area contributed by atoms with Crippen LogP contribution in [0.25, 0.3) is 0 Å². The highest BCUT2D eigenvalue weighted by molar-refractivity contribution is 5.94. The van der Waals surface area contributed by atoms with E-state index in [1.54, 1.807) is 4.90 Å². The monoisotopic (exact) mass is 268 g/mol. The minimum Gasteiger partial charge on any atom is -0.338 e. The summed E-state index contributed by atoms with van der Waals surface area (Å²) in [5.74, 6) is 0.0673. The van der Waals surface area contributed by atoms with Crippen LogP contribution in [-0.4, -0.2) is 30.4 Å². The number of amides is 1. The predicted octanol–water partition coefficient (Wildman–Crippen LogP) is 2.02. The van der Waals surface area contributed by atoms with Gasteiger partial charge in [0.1, 0.15) is 0 Å². The maximum absolute atomic E-state index is 12.2. The van der Waals surface area contributed by atoms with Crippen LogP contribution in [0.4, 0.5) is 0 Å². The highest BCUT2D eigenvalue weighted by Gasteiger charge is 2.18. The summed E-state index contributed by atoms with van der Waals surface area (Å²) in [7, 11) is 1.81. The van der Waals surface area contributed by atoms with Gasteiger partial charge in [0.2, 0.25) is 0 Å². The summed E-state index contributed by atoms with van der Waals surface area (Å²) in [6.07, 6.45) is 3.47. The number of fused-ring (bicyclic) bond motifs is 1. The van der Waals surface area contributed by atoms with Crippen LogP contribution in [0.5, 0.6) is 0 Å². The number of halogens is 1. The zero-order valence-corrected chi connectivity index (χ0v) is 11.8. The molecule has 1 aromatic carbocycles. The van der Waals surface area contributed by atoms with Crippen LogP contribution >= 0.6 is 12.4 Å². The van der Waals surface area contributed by atoms with Crippen LogP contribution in [0.15, 0.2) is 18.2 Å². The average molecular weight is 269 g/mol. The largest absolute Gasteiger partial charge is 0.338 e. The molecule has 0 radical (unpaired) electrons. The maximum Gasteiger partial charge on any atom is 0.253 e. The van der Waals surface area contributed by atoms with Gasteiger partial charge in [-0.25, -0.2) is 0 Å². The van der Waals surface area contributed by atoms with Crippen molar-refractivity contribution >= 4 is 18.3 Å². The highest BCUT2D eigenvalue weighted by atomic mass is 35.5. The number of nitrogens with two attached hydrogens (primary N) is 1. The molecule has 0 fully saturated rings. The average Bonchev–Trinajstić information content (AvgIpc) is 2.83. The normalized spacial score (nSPS) is 14.6. The summed E-state index contributed by atoms with van der Waals surface area (Å²) < 4.78 is 0. The van der Waals surface area contributed by atoms with E-state index in [0.29, 0.717) is 6.54 Å². The lowest BCUT2D eigenvalue weighted by molar-refractivity contribution is 0.0748. The van der Waals surface area contributed by atoms with Gasteiger partial charge in [0.25, 0.3) is 5.91 Å². The van der Waals surface area contributed by atoms with Gasteiger partial charge in [-0.2, -0.15) is 0 Å². The predicted molar refractivity (Wildman–Crippen MR) is 76.3 cm³/mol. The first kappa shape index (κ1) is 15.0. The number of benzene rings is 1. The standard InChI is InChI=1S/C14H20N2O.ClH/c1-10(9-15)16(2)14(17)13-7-6-11-4-3-5-12(11)8-13;/h6-8,10H,3-5,9,15H2,1-2H3;1H. The zero-order valence-electron chi connectivity index (χ0n) is 11.0. The number of carbonyl (C=O) groups is 1. The Balaban J connectivity index is 0.00000162. The van der Waals surface area contributed by atoms with Gasteiger partial charge in [-0.1, -0.05) is 6.07 Å². The second-order valence-electron chi connectivity index (χ2n) is 4.84. The molecule has 1 aliphatic rings. The Bertz CT molecular complexity index is 434. The molecule has 3 nitrogen and oxygen atoms in total. The molecule has 1 aromatic rings. The SMILES string of the molecule is CC(CN)N(C)C(=O)c1ccc2c(c1)CCC2.Cl. The molecule has 1 aliphatic carbocycles. The van der Waals surface area contributed by atoms with Crippen LogP contribution in [0.3, 0.4) is 0 Å².